The topological polar surface area (TPSA) is 25.8 Å². The highest BCUT2D eigenvalue weighted by Gasteiger charge is 2.36. The number of aromatic nitrogens is 2. The van der Waals surface area contributed by atoms with E-state index >= 15 is 0 Å². The van der Waals surface area contributed by atoms with E-state index in [1.54, 1.807) is 13.8 Å². The van der Waals surface area contributed by atoms with Crippen molar-refractivity contribution in [2.45, 2.75) is 52.1 Å². The maximum Gasteiger partial charge on any atom is 0.419 e. The molecule has 0 fully saturated rings. The van der Waals surface area contributed by atoms with Crippen molar-refractivity contribution in [3.05, 3.63) is 23.3 Å². The van der Waals surface area contributed by atoms with Gasteiger partial charge in [-0.05, 0) is 5.92 Å². The highest BCUT2D eigenvalue weighted by Crippen LogP contribution is 2.34. The molecule has 0 aliphatic rings. The molecule has 0 spiro atoms. The number of alkyl halides is 3. The van der Waals surface area contributed by atoms with Crippen LogP contribution in [0.4, 0.5) is 13.2 Å². The van der Waals surface area contributed by atoms with Crippen LogP contribution in [0.25, 0.3) is 0 Å². The second-order valence-corrected chi connectivity index (χ2v) is 5.39. The molecule has 1 aromatic rings. The second kappa shape index (κ2) is 4.27. The van der Waals surface area contributed by atoms with Crippen LogP contribution in [-0.4, -0.2) is 9.97 Å². The van der Waals surface area contributed by atoms with Crippen molar-refractivity contribution in [2.75, 3.05) is 0 Å². The molecule has 1 rings (SSSR count). The largest absolute Gasteiger partial charge is 0.419 e. The lowest BCUT2D eigenvalue weighted by atomic mass is 9.94. The number of nitrogens with zero attached hydrogens (tertiary/aromatic N) is 2. The molecule has 0 atom stereocenters. The van der Waals surface area contributed by atoms with Crippen molar-refractivity contribution in [3.63, 3.8) is 0 Å². The molecule has 5 heteroatoms. The van der Waals surface area contributed by atoms with Crippen molar-refractivity contribution < 1.29 is 13.2 Å². The molecule has 0 unspecified atom stereocenters. The molecule has 0 aromatic carbocycles. The molecule has 96 valence electrons. The van der Waals surface area contributed by atoms with Crippen LogP contribution in [0.3, 0.4) is 0 Å². The molecule has 1 heterocycles. The summed E-state index contributed by atoms with van der Waals surface area (Å²) in [5.74, 6) is 0.157. The molecule has 2 nitrogen and oxygen atoms in total. The molecule has 17 heavy (non-hydrogen) atoms. The summed E-state index contributed by atoms with van der Waals surface area (Å²) in [5, 5.41) is 0. The average Bonchev–Trinajstić information content (AvgIpc) is 2.14. The maximum atomic E-state index is 12.8. The molecule has 1 aromatic heterocycles. The SMILES string of the molecule is CC(C)c1nc(C(C)(C)C)ncc1C(F)(F)F. The van der Waals surface area contributed by atoms with Crippen LogP contribution in [-0.2, 0) is 11.6 Å². The Labute approximate surface area is 99.3 Å². The molecule has 0 N–H and O–H groups in total. The monoisotopic (exact) mass is 246 g/mol. The molecular formula is C12H17F3N2. The average molecular weight is 246 g/mol. The van der Waals surface area contributed by atoms with E-state index in [1.165, 1.54) is 0 Å². The van der Waals surface area contributed by atoms with Gasteiger partial charge in [0, 0.05) is 11.6 Å². The van der Waals surface area contributed by atoms with E-state index in [9.17, 15) is 13.2 Å². The van der Waals surface area contributed by atoms with E-state index in [1.807, 2.05) is 20.8 Å². The first kappa shape index (κ1) is 13.9. The third-order valence-electron chi connectivity index (χ3n) is 2.34. The minimum Gasteiger partial charge on any atom is -0.240 e. The third kappa shape index (κ3) is 3.17. The number of hydrogen-bond acceptors (Lipinski definition) is 2. The van der Waals surface area contributed by atoms with Gasteiger partial charge in [0.05, 0.1) is 11.3 Å². The Balaban J connectivity index is 3.38. The smallest absolute Gasteiger partial charge is 0.240 e. The van der Waals surface area contributed by atoms with Gasteiger partial charge in [0.1, 0.15) is 5.82 Å². The van der Waals surface area contributed by atoms with Gasteiger partial charge in [0.25, 0.3) is 0 Å². The van der Waals surface area contributed by atoms with Crippen molar-refractivity contribution in [3.8, 4) is 0 Å². The second-order valence-electron chi connectivity index (χ2n) is 5.39. The molecule has 0 bridgehead atoms. The van der Waals surface area contributed by atoms with Gasteiger partial charge in [-0.1, -0.05) is 34.6 Å². The van der Waals surface area contributed by atoms with Gasteiger partial charge in [0.15, 0.2) is 0 Å². The van der Waals surface area contributed by atoms with E-state index in [0.717, 1.165) is 6.20 Å². The fourth-order valence-electron chi connectivity index (χ4n) is 1.41. The Hall–Kier alpha value is -1.13. The van der Waals surface area contributed by atoms with Crippen LogP contribution < -0.4 is 0 Å². The third-order valence-corrected chi connectivity index (χ3v) is 2.34. The quantitative estimate of drug-likeness (QED) is 0.750. The zero-order valence-electron chi connectivity index (χ0n) is 10.7. The van der Waals surface area contributed by atoms with Crippen molar-refractivity contribution in [2.24, 2.45) is 0 Å². The summed E-state index contributed by atoms with van der Waals surface area (Å²) in [4.78, 5) is 7.91. The Bertz CT molecular complexity index is 403. The maximum absolute atomic E-state index is 12.8. The summed E-state index contributed by atoms with van der Waals surface area (Å²) < 4.78 is 38.3. The van der Waals surface area contributed by atoms with E-state index in [-0.39, 0.29) is 17.0 Å². The lowest BCUT2D eigenvalue weighted by Crippen LogP contribution is -2.21. The van der Waals surface area contributed by atoms with Gasteiger partial charge in [-0.25, -0.2) is 9.97 Å². The van der Waals surface area contributed by atoms with Gasteiger partial charge in [-0.3, -0.25) is 0 Å². The summed E-state index contributed by atoms with van der Waals surface area (Å²) in [6, 6.07) is 0. The first-order valence-corrected chi connectivity index (χ1v) is 5.48. The van der Waals surface area contributed by atoms with E-state index in [0.29, 0.717) is 5.82 Å². The highest BCUT2D eigenvalue weighted by atomic mass is 19.4. The zero-order chi connectivity index (χ0) is 13.4. The predicted octanol–water partition coefficient (Wildman–Crippen LogP) is 3.92. The summed E-state index contributed by atoms with van der Waals surface area (Å²) >= 11 is 0. The highest BCUT2D eigenvalue weighted by molar-refractivity contribution is 5.25. The van der Waals surface area contributed by atoms with Crippen molar-refractivity contribution >= 4 is 0 Å². The van der Waals surface area contributed by atoms with Gasteiger partial charge >= 0.3 is 6.18 Å². The van der Waals surface area contributed by atoms with E-state index < -0.39 is 11.7 Å². The standard InChI is InChI=1S/C12H17F3N2/c1-7(2)9-8(12(13,14)15)6-16-10(17-9)11(3,4)5/h6-7H,1-5H3. The first-order valence-electron chi connectivity index (χ1n) is 5.48. The normalized spacial score (nSPS) is 13.2. The van der Waals surface area contributed by atoms with Crippen LogP contribution in [0.5, 0.6) is 0 Å². The Morgan fingerprint density at radius 2 is 1.65 bits per heavy atom. The summed E-state index contributed by atoms with van der Waals surface area (Å²) in [6.07, 6.45) is -3.50. The van der Waals surface area contributed by atoms with Crippen LogP contribution >= 0.6 is 0 Å². The lowest BCUT2D eigenvalue weighted by Gasteiger charge is -2.20. The molecule has 0 saturated carbocycles. The van der Waals surface area contributed by atoms with E-state index in [2.05, 4.69) is 9.97 Å². The number of hydrogen-bond donors (Lipinski definition) is 0. The Kier molecular flexibility index (Phi) is 3.50. The Morgan fingerprint density at radius 3 is 2.00 bits per heavy atom. The van der Waals surface area contributed by atoms with E-state index in [4.69, 9.17) is 0 Å². The molecule has 0 radical (unpaired) electrons. The van der Waals surface area contributed by atoms with Crippen LogP contribution in [0.15, 0.2) is 6.20 Å². The lowest BCUT2D eigenvalue weighted by molar-refractivity contribution is -0.139. The minimum absolute atomic E-state index is 0.0671. The molecular weight excluding hydrogens is 229 g/mol. The zero-order valence-corrected chi connectivity index (χ0v) is 10.7. The summed E-state index contributed by atoms with van der Waals surface area (Å²) in [5.41, 5.74) is -1.02. The Morgan fingerprint density at radius 1 is 1.12 bits per heavy atom. The fraction of sp³-hybridized carbons (Fsp3) is 0.667. The minimum atomic E-state index is -4.39. The summed E-state index contributed by atoms with van der Waals surface area (Å²) in [6.45, 7) is 9.02. The molecule has 0 aliphatic heterocycles. The van der Waals surface area contributed by atoms with Crippen LogP contribution in [0, 0.1) is 0 Å². The van der Waals surface area contributed by atoms with Crippen LogP contribution in [0.2, 0.25) is 0 Å². The van der Waals surface area contributed by atoms with Crippen LogP contribution in [0.1, 0.15) is 57.6 Å². The first-order chi connectivity index (χ1) is 7.53. The van der Waals surface area contributed by atoms with Gasteiger partial charge < -0.3 is 0 Å². The predicted molar refractivity (Wildman–Crippen MR) is 59.8 cm³/mol. The van der Waals surface area contributed by atoms with Crippen molar-refractivity contribution in [1.82, 2.24) is 9.97 Å². The van der Waals surface area contributed by atoms with Gasteiger partial charge in [-0.15, -0.1) is 0 Å². The molecule has 0 amide bonds. The van der Waals surface area contributed by atoms with Gasteiger partial charge in [-0.2, -0.15) is 13.2 Å². The van der Waals surface area contributed by atoms with Crippen molar-refractivity contribution in [1.29, 1.82) is 0 Å². The number of halogens is 3. The van der Waals surface area contributed by atoms with Gasteiger partial charge in [0.2, 0.25) is 0 Å². The fourth-order valence-corrected chi connectivity index (χ4v) is 1.41. The summed E-state index contributed by atoms with van der Waals surface area (Å²) in [7, 11) is 0. The molecule has 0 aliphatic carbocycles. The number of rotatable bonds is 1. The molecule has 0 saturated heterocycles.